The van der Waals surface area contributed by atoms with Gasteiger partial charge in [-0.3, -0.25) is 4.79 Å². The van der Waals surface area contributed by atoms with E-state index in [9.17, 15) is 9.59 Å². The Kier molecular flexibility index (Phi) is 6.30. The van der Waals surface area contributed by atoms with Crippen molar-refractivity contribution in [3.05, 3.63) is 99.5 Å². The van der Waals surface area contributed by atoms with Crippen molar-refractivity contribution in [3.63, 3.8) is 0 Å². The highest BCUT2D eigenvalue weighted by molar-refractivity contribution is 9.10. The van der Waals surface area contributed by atoms with Crippen LogP contribution in [0.1, 0.15) is 11.1 Å². The Morgan fingerprint density at radius 1 is 1.03 bits per heavy atom. The first kappa shape index (κ1) is 22.0. The van der Waals surface area contributed by atoms with Gasteiger partial charge in [0, 0.05) is 15.2 Å². The molecular weight excluding hydrogens is 494 g/mol. The highest BCUT2D eigenvalue weighted by Gasteiger charge is 2.53. The van der Waals surface area contributed by atoms with E-state index in [1.807, 2.05) is 42.5 Å². The van der Waals surface area contributed by atoms with E-state index >= 15 is 0 Å². The zero-order valence-corrected chi connectivity index (χ0v) is 19.4. The summed E-state index contributed by atoms with van der Waals surface area (Å²) in [4.78, 5) is 26.3. The molecular formula is C24H19BrClN3O3. The lowest BCUT2D eigenvalue weighted by molar-refractivity contribution is -0.144. The number of rotatable bonds is 4. The molecule has 0 radical (unpaired) electrons. The molecule has 1 atom stereocenters. The summed E-state index contributed by atoms with van der Waals surface area (Å²) < 4.78 is 6.11. The van der Waals surface area contributed by atoms with Crippen molar-refractivity contribution in [3.8, 4) is 0 Å². The van der Waals surface area contributed by atoms with E-state index in [4.69, 9.17) is 16.3 Å². The average Bonchev–Trinajstić information content (AvgIpc) is 3.23. The van der Waals surface area contributed by atoms with Crippen LogP contribution in [0.3, 0.4) is 0 Å². The van der Waals surface area contributed by atoms with E-state index < -0.39 is 17.4 Å². The molecule has 3 aromatic rings. The van der Waals surface area contributed by atoms with Crippen LogP contribution in [0.5, 0.6) is 0 Å². The molecule has 0 bridgehead atoms. The number of anilines is 1. The van der Waals surface area contributed by atoms with Crippen molar-refractivity contribution in [2.75, 3.05) is 19.0 Å². The minimum atomic E-state index is -1.29. The van der Waals surface area contributed by atoms with E-state index in [-0.39, 0.29) is 6.54 Å². The van der Waals surface area contributed by atoms with Crippen LogP contribution in [0.4, 0.5) is 10.5 Å². The normalized spacial score (nSPS) is 17.6. The molecule has 4 rings (SSSR count). The van der Waals surface area contributed by atoms with Crippen LogP contribution in [-0.4, -0.2) is 36.4 Å². The van der Waals surface area contributed by atoms with Crippen LogP contribution in [0.2, 0.25) is 5.02 Å². The number of benzene rings is 3. The van der Waals surface area contributed by atoms with Gasteiger partial charge in [0.1, 0.15) is 0 Å². The predicted octanol–water partition coefficient (Wildman–Crippen LogP) is 5.47. The molecule has 1 aliphatic rings. The lowest BCUT2D eigenvalue weighted by Gasteiger charge is -2.28. The number of esters is 1. The number of urea groups is 1. The van der Waals surface area contributed by atoms with Crippen LogP contribution < -0.4 is 5.32 Å². The van der Waals surface area contributed by atoms with Gasteiger partial charge in [0.05, 0.1) is 19.4 Å². The van der Waals surface area contributed by atoms with Gasteiger partial charge in [-0.15, -0.1) is 0 Å². The Morgan fingerprint density at radius 2 is 1.69 bits per heavy atom. The Morgan fingerprint density at radius 3 is 2.31 bits per heavy atom. The first-order valence-electron chi connectivity index (χ1n) is 9.77. The van der Waals surface area contributed by atoms with Gasteiger partial charge in [-0.25, -0.2) is 9.80 Å². The number of methoxy groups -OCH3 is 1. The highest BCUT2D eigenvalue weighted by atomic mass is 79.9. The first-order valence-corrected chi connectivity index (χ1v) is 10.9. The van der Waals surface area contributed by atoms with Gasteiger partial charge >= 0.3 is 12.0 Å². The molecule has 0 aromatic heterocycles. The predicted molar refractivity (Wildman–Crippen MR) is 128 cm³/mol. The number of carbonyl (C=O) groups is 2. The van der Waals surface area contributed by atoms with E-state index in [1.165, 1.54) is 12.1 Å². The summed E-state index contributed by atoms with van der Waals surface area (Å²) >= 11 is 9.44. The number of nitrogens with one attached hydrogen (secondary N) is 1. The van der Waals surface area contributed by atoms with Crippen molar-refractivity contribution in [2.24, 2.45) is 5.10 Å². The summed E-state index contributed by atoms with van der Waals surface area (Å²) in [5.41, 5.74) is 1.08. The topological polar surface area (TPSA) is 71.0 Å². The van der Waals surface area contributed by atoms with Crippen molar-refractivity contribution in [2.45, 2.75) is 5.41 Å². The van der Waals surface area contributed by atoms with Crippen LogP contribution in [0, 0.1) is 0 Å². The molecule has 8 heteroatoms. The van der Waals surface area contributed by atoms with Crippen molar-refractivity contribution in [1.29, 1.82) is 0 Å². The molecule has 1 aliphatic heterocycles. The third-order valence-corrected chi connectivity index (χ3v) is 6.04. The Hall–Kier alpha value is -3.16. The summed E-state index contributed by atoms with van der Waals surface area (Å²) in [5.74, 6) is -0.503. The molecule has 1 N–H and O–H groups in total. The lowest BCUT2D eigenvalue weighted by atomic mass is 9.74. The van der Waals surface area contributed by atoms with E-state index in [0.717, 1.165) is 4.47 Å². The van der Waals surface area contributed by atoms with Crippen LogP contribution in [-0.2, 0) is 14.9 Å². The molecule has 0 saturated carbocycles. The van der Waals surface area contributed by atoms with E-state index in [1.54, 1.807) is 36.4 Å². The number of ether oxygens (including phenoxy) is 1. The summed E-state index contributed by atoms with van der Waals surface area (Å²) in [6.45, 7) is -0.00991. The number of nitrogens with zero attached hydrogens (tertiary/aromatic N) is 2. The third-order valence-electron chi connectivity index (χ3n) is 5.26. The zero-order valence-electron chi connectivity index (χ0n) is 17.1. The van der Waals surface area contributed by atoms with Gasteiger partial charge in [0.25, 0.3) is 0 Å². The summed E-state index contributed by atoms with van der Waals surface area (Å²) in [6, 6.07) is 22.9. The molecule has 0 saturated heterocycles. The van der Waals surface area contributed by atoms with E-state index in [2.05, 4.69) is 26.3 Å². The molecule has 0 aliphatic carbocycles. The summed E-state index contributed by atoms with van der Waals surface area (Å²) in [5, 5.41) is 9.23. The number of halogens is 2. The Balaban J connectivity index is 1.79. The minimum absolute atomic E-state index is 0.00991. The van der Waals surface area contributed by atoms with Gasteiger partial charge in [-0.2, -0.15) is 5.10 Å². The molecule has 162 valence electrons. The summed E-state index contributed by atoms with van der Waals surface area (Å²) in [6.07, 6.45) is 0. The molecule has 1 heterocycles. The molecule has 0 spiro atoms. The molecule has 2 amide bonds. The van der Waals surface area contributed by atoms with Gasteiger partial charge in [-0.05, 0) is 47.5 Å². The minimum Gasteiger partial charge on any atom is -0.468 e. The number of amides is 2. The Labute approximate surface area is 199 Å². The van der Waals surface area contributed by atoms with Crippen LogP contribution >= 0.6 is 27.5 Å². The fourth-order valence-electron chi connectivity index (χ4n) is 3.70. The van der Waals surface area contributed by atoms with Crippen LogP contribution in [0.15, 0.2) is 88.4 Å². The van der Waals surface area contributed by atoms with E-state index in [0.29, 0.717) is 27.5 Å². The Bertz CT molecular complexity index is 1170. The molecule has 6 nitrogen and oxygen atoms in total. The van der Waals surface area contributed by atoms with Crippen molar-refractivity contribution < 1.29 is 14.3 Å². The maximum atomic E-state index is 13.3. The number of hydrogen-bond donors (Lipinski definition) is 1. The largest absolute Gasteiger partial charge is 0.468 e. The van der Waals surface area contributed by atoms with Gasteiger partial charge in [-0.1, -0.05) is 70.0 Å². The van der Waals surface area contributed by atoms with Crippen LogP contribution in [0.25, 0.3) is 0 Å². The second kappa shape index (κ2) is 9.14. The number of carbonyl (C=O) groups excluding carboxylic acids is 2. The molecule has 3 aromatic carbocycles. The highest BCUT2D eigenvalue weighted by Crippen LogP contribution is 2.37. The third kappa shape index (κ3) is 4.13. The number of hydrazone groups is 1. The molecule has 0 fully saturated rings. The fourth-order valence-corrected chi connectivity index (χ4v) is 4.09. The average molecular weight is 513 g/mol. The van der Waals surface area contributed by atoms with Gasteiger partial charge in [0.2, 0.25) is 0 Å². The maximum absolute atomic E-state index is 13.3. The first-order chi connectivity index (χ1) is 15.4. The fraction of sp³-hybridized carbons (Fsp3) is 0.125. The lowest BCUT2D eigenvalue weighted by Crippen LogP contribution is -2.48. The smallest absolute Gasteiger partial charge is 0.342 e. The maximum Gasteiger partial charge on any atom is 0.342 e. The SMILES string of the molecule is COC(=O)C1(c2ccccc2)CN(C(=O)Nc2ccc(Br)cc2)N=C1c1ccc(Cl)cc1. The zero-order chi connectivity index (χ0) is 22.7. The second-order valence-electron chi connectivity index (χ2n) is 7.21. The van der Waals surface area contributed by atoms with Gasteiger partial charge in [0.15, 0.2) is 5.41 Å². The van der Waals surface area contributed by atoms with Crippen molar-refractivity contribution >= 4 is 50.9 Å². The quantitative estimate of drug-likeness (QED) is 0.472. The van der Waals surface area contributed by atoms with Gasteiger partial charge < -0.3 is 10.1 Å². The summed E-state index contributed by atoms with van der Waals surface area (Å²) in [7, 11) is 1.33. The van der Waals surface area contributed by atoms with Crippen molar-refractivity contribution in [1.82, 2.24) is 5.01 Å². The number of hydrogen-bond acceptors (Lipinski definition) is 4. The molecule has 1 unspecified atom stereocenters. The second-order valence-corrected chi connectivity index (χ2v) is 8.57. The monoisotopic (exact) mass is 511 g/mol. The standard InChI is InChI=1S/C24H19BrClN3O3/c1-32-22(30)24(17-5-3-2-4-6-17)15-29(23(31)27-20-13-9-18(25)10-14-20)28-21(24)16-7-11-19(26)12-8-16/h2-14H,15H2,1H3,(H,27,31). The molecule has 32 heavy (non-hydrogen) atoms.